The lowest BCUT2D eigenvalue weighted by Gasteiger charge is -2.17. The first-order valence-electron chi connectivity index (χ1n) is 6.29. The highest BCUT2D eigenvalue weighted by molar-refractivity contribution is 6.20. The van der Waals surface area contributed by atoms with Gasteiger partial charge < -0.3 is 0 Å². The summed E-state index contributed by atoms with van der Waals surface area (Å²) in [5.74, 6) is 1.38. The van der Waals surface area contributed by atoms with Gasteiger partial charge in [-0.05, 0) is 51.0 Å². The van der Waals surface area contributed by atoms with Crippen LogP contribution in [0.3, 0.4) is 0 Å². The van der Waals surface area contributed by atoms with Gasteiger partial charge in [0.05, 0.1) is 5.69 Å². The van der Waals surface area contributed by atoms with Crippen LogP contribution in [0.4, 0.5) is 0 Å². The predicted octanol–water partition coefficient (Wildman–Crippen LogP) is 3.41. The molecule has 0 spiro atoms. The number of hydrogen-bond acceptors (Lipinski definition) is 1. The van der Waals surface area contributed by atoms with Crippen LogP contribution < -0.4 is 0 Å². The van der Waals surface area contributed by atoms with E-state index < -0.39 is 0 Å². The zero-order valence-corrected chi connectivity index (χ0v) is 11.2. The number of hydrogen-bond donors (Lipinski definition) is 0. The van der Waals surface area contributed by atoms with E-state index in [0.717, 1.165) is 24.6 Å². The van der Waals surface area contributed by atoms with Gasteiger partial charge in [-0.25, -0.2) is 0 Å². The third-order valence-electron chi connectivity index (χ3n) is 3.88. The van der Waals surface area contributed by atoms with Crippen LogP contribution in [0.1, 0.15) is 38.1 Å². The second-order valence-electron chi connectivity index (χ2n) is 5.01. The predicted molar refractivity (Wildman–Crippen MR) is 67.9 cm³/mol. The molecule has 0 N–H and O–H groups in total. The maximum atomic E-state index is 6.28. The van der Waals surface area contributed by atoms with Crippen molar-refractivity contribution < 1.29 is 0 Å². The van der Waals surface area contributed by atoms with Crippen molar-refractivity contribution in [1.82, 2.24) is 9.78 Å². The van der Waals surface area contributed by atoms with Gasteiger partial charge in [-0.1, -0.05) is 6.92 Å². The molecule has 1 fully saturated rings. The van der Waals surface area contributed by atoms with Crippen molar-refractivity contribution in [2.45, 2.75) is 52.0 Å². The molecule has 1 heterocycles. The minimum Gasteiger partial charge on any atom is -0.270 e. The van der Waals surface area contributed by atoms with E-state index in [4.69, 9.17) is 11.6 Å². The van der Waals surface area contributed by atoms with Gasteiger partial charge in [0.15, 0.2) is 0 Å². The quantitative estimate of drug-likeness (QED) is 0.741. The van der Waals surface area contributed by atoms with Crippen molar-refractivity contribution in [2.24, 2.45) is 11.8 Å². The molecule has 1 aromatic rings. The molecule has 0 radical (unpaired) electrons. The summed E-state index contributed by atoms with van der Waals surface area (Å²) >= 11 is 6.28. The zero-order valence-electron chi connectivity index (χ0n) is 10.4. The van der Waals surface area contributed by atoms with Crippen molar-refractivity contribution in [3.05, 3.63) is 17.5 Å². The van der Waals surface area contributed by atoms with E-state index in [2.05, 4.69) is 36.6 Å². The molecule has 1 aromatic heterocycles. The molecule has 0 aliphatic heterocycles. The molecular formula is C13H21ClN2. The summed E-state index contributed by atoms with van der Waals surface area (Å²) in [6, 6.07) is 2.22. The number of rotatable bonds is 3. The summed E-state index contributed by atoms with van der Waals surface area (Å²) in [6.07, 6.45) is 3.58. The van der Waals surface area contributed by atoms with Gasteiger partial charge >= 0.3 is 0 Å². The minimum absolute atomic E-state index is 0.379. The minimum atomic E-state index is 0.379. The fourth-order valence-electron chi connectivity index (χ4n) is 2.79. The monoisotopic (exact) mass is 240 g/mol. The van der Waals surface area contributed by atoms with E-state index in [0.29, 0.717) is 11.3 Å². The first-order chi connectivity index (χ1) is 7.61. The highest BCUT2D eigenvalue weighted by Crippen LogP contribution is 2.37. The van der Waals surface area contributed by atoms with Crippen molar-refractivity contribution in [3.63, 3.8) is 0 Å². The van der Waals surface area contributed by atoms with E-state index in [1.807, 2.05) is 0 Å². The standard InChI is InChI=1S/C13H21ClN2/c1-4-16-12(7-9(2)15-16)8-11-5-6-13(14)10(11)3/h7,10-11,13H,4-6,8H2,1-3H3. The molecule has 0 saturated heterocycles. The molecule has 2 nitrogen and oxygen atoms in total. The van der Waals surface area contributed by atoms with Gasteiger partial charge in [0.2, 0.25) is 0 Å². The average Bonchev–Trinajstić information content (AvgIpc) is 2.76. The van der Waals surface area contributed by atoms with E-state index in [-0.39, 0.29) is 0 Å². The van der Waals surface area contributed by atoms with Crippen molar-refractivity contribution in [2.75, 3.05) is 0 Å². The second-order valence-corrected chi connectivity index (χ2v) is 5.57. The molecule has 1 aliphatic rings. The molecule has 0 bridgehead atoms. The third kappa shape index (κ3) is 2.27. The highest BCUT2D eigenvalue weighted by atomic mass is 35.5. The van der Waals surface area contributed by atoms with E-state index in [1.54, 1.807) is 0 Å². The molecule has 90 valence electrons. The number of halogens is 1. The SMILES string of the molecule is CCn1nc(C)cc1CC1CCC(Cl)C1C. The normalized spacial score (nSPS) is 29.9. The van der Waals surface area contributed by atoms with Crippen LogP contribution in [0, 0.1) is 18.8 Å². The maximum absolute atomic E-state index is 6.28. The Morgan fingerprint density at radius 2 is 2.25 bits per heavy atom. The van der Waals surface area contributed by atoms with Gasteiger partial charge in [-0.3, -0.25) is 4.68 Å². The Labute approximate surface area is 103 Å². The lowest BCUT2D eigenvalue weighted by atomic mass is 9.93. The molecule has 2 rings (SSSR count). The van der Waals surface area contributed by atoms with E-state index >= 15 is 0 Å². The van der Waals surface area contributed by atoms with Crippen LogP contribution in [-0.4, -0.2) is 15.2 Å². The fourth-order valence-corrected chi connectivity index (χ4v) is 3.12. The number of aromatic nitrogens is 2. The Morgan fingerprint density at radius 1 is 1.50 bits per heavy atom. The first-order valence-corrected chi connectivity index (χ1v) is 6.72. The average molecular weight is 241 g/mol. The third-order valence-corrected chi connectivity index (χ3v) is 4.50. The van der Waals surface area contributed by atoms with Crippen LogP contribution in [0.2, 0.25) is 0 Å². The number of alkyl halides is 1. The summed E-state index contributed by atoms with van der Waals surface area (Å²) in [4.78, 5) is 0. The number of aryl methyl sites for hydroxylation is 2. The van der Waals surface area contributed by atoms with E-state index in [9.17, 15) is 0 Å². The first kappa shape index (κ1) is 12.0. The lowest BCUT2D eigenvalue weighted by molar-refractivity contribution is 0.406. The molecule has 3 heteroatoms. The lowest BCUT2D eigenvalue weighted by Crippen LogP contribution is -2.15. The molecule has 0 amide bonds. The van der Waals surface area contributed by atoms with Gasteiger partial charge in [0.25, 0.3) is 0 Å². The Morgan fingerprint density at radius 3 is 2.81 bits per heavy atom. The van der Waals surface area contributed by atoms with E-state index in [1.165, 1.54) is 18.5 Å². The van der Waals surface area contributed by atoms with Gasteiger partial charge in [0, 0.05) is 17.6 Å². The fraction of sp³-hybridized carbons (Fsp3) is 0.769. The van der Waals surface area contributed by atoms with Crippen molar-refractivity contribution in [3.8, 4) is 0 Å². The summed E-state index contributed by atoms with van der Waals surface area (Å²) in [7, 11) is 0. The molecule has 1 aliphatic carbocycles. The summed E-state index contributed by atoms with van der Waals surface area (Å²) in [6.45, 7) is 7.47. The molecular weight excluding hydrogens is 220 g/mol. The molecule has 3 atom stereocenters. The van der Waals surface area contributed by atoms with Crippen LogP contribution in [0.25, 0.3) is 0 Å². The number of nitrogens with zero attached hydrogens (tertiary/aromatic N) is 2. The smallest absolute Gasteiger partial charge is 0.0596 e. The highest BCUT2D eigenvalue weighted by Gasteiger charge is 2.31. The molecule has 16 heavy (non-hydrogen) atoms. The van der Waals surface area contributed by atoms with Gasteiger partial charge in [0.1, 0.15) is 0 Å². The van der Waals surface area contributed by atoms with Crippen LogP contribution in [-0.2, 0) is 13.0 Å². The van der Waals surface area contributed by atoms with Gasteiger partial charge in [-0.15, -0.1) is 11.6 Å². The Kier molecular flexibility index (Phi) is 3.58. The van der Waals surface area contributed by atoms with Crippen LogP contribution in [0.5, 0.6) is 0 Å². The van der Waals surface area contributed by atoms with Crippen LogP contribution in [0.15, 0.2) is 6.07 Å². The molecule has 3 unspecified atom stereocenters. The largest absolute Gasteiger partial charge is 0.270 e. The van der Waals surface area contributed by atoms with Crippen LogP contribution >= 0.6 is 11.6 Å². The Balaban J connectivity index is 2.08. The summed E-state index contributed by atoms with van der Waals surface area (Å²) < 4.78 is 2.13. The Hall–Kier alpha value is -0.500. The zero-order chi connectivity index (χ0) is 11.7. The second kappa shape index (κ2) is 4.79. The van der Waals surface area contributed by atoms with Crippen molar-refractivity contribution >= 4 is 11.6 Å². The van der Waals surface area contributed by atoms with Crippen molar-refractivity contribution in [1.29, 1.82) is 0 Å². The summed E-state index contributed by atoms with van der Waals surface area (Å²) in [5, 5.41) is 4.88. The summed E-state index contributed by atoms with van der Waals surface area (Å²) in [5.41, 5.74) is 2.51. The molecule has 1 saturated carbocycles. The molecule has 0 aromatic carbocycles. The maximum Gasteiger partial charge on any atom is 0.0596 e. The topological polar surface area (TPSA) is 17.8 Å². The van der Waals surface area contributed by atoms with Gasteiger partial charge in [-0.2, -0.15) is 5.10 Å². The Bertz CT molecular complexity index is 359.